The van der Waals surface area contributed by atoms with Gasteiger partial charge in [-0.2, -0.15) is 5.10 Å². The molecule has 0 atom stereocenters. The van der Waals surface area contributed by atoms with Gasteiger partial charge in [-0.05, 0) is 60.3 Å². The lowest BCUT2D eigenvalue weighted by Crippen LogP contribution is -2.56. The Kier molecular flexibility index (Phi) is 6.60. The summed E-state index contributed by atoms with van der Waals surface area (Å²) in [7, 11) is 0. The first-order chi connectivity index (χ1) is 17.5. The van der Waals surface area contributed by atoms with Gasteiger partial charge in [-0.15, -0.1) is 0 Å². The first kappa shape index (κ1) is 25.4. The van der Waals surface area contributed by atoms with E-state index in [1.807, 2.05) is 25.7 Å². The van der Waals surface area contributed by atoms with Crippen molar-refractivity contribution in [3.8, 4) is 11.3 Å². The topological polar surface area (TPSA) is 102 Å². The van der Waals surface area contributed by atoms with E-state index >= 15 is 0 Å². The largest absolute Gasteiger partial charge is 0.444 e. The normalized spacial score (nSPS) is 19.3. The van der Waals surface area contributed by atoms with Crippen LogP contribution in [-0.2, 0) is 4.74 Å². The number of aromatic nitrogens is 4. The number of hydrogen-bond donors (Lipinski definition) is 1. The van der Waals surface area contributed by atoms with Gasteiger partial charge in [0.25, 0.3) is 0 Å². The number of anilines is 1. The zero-order valence-corrected chi connectivity index (χ0v) is 22.7. The SMILES string of the molecule is Cc1ccc(-c2nn(C3CCN(C4(C)CCN(C(=O)OC(C)(C)C)CC4)CC3)c3ncnc(N)c23)cc1. The molecule has 5 rings (SSSR count). The molecule has 2 saturated heterocycles. The van der Waals surface area contributed by atoms with Gasteiger partial charge in [-0.1, -0.05) is 29.8 Å². The predicted molar refractivity (Wildman–Crippen MR) is 145 cm³/mol. The highest BCUT2D eigenvalue weighted by Crippen LogP contribution is 2.37. The molecule has 0 spiro atoms. The van der Waals surface area contributed by atoms with Crippen molar-refractivity contribution >= 4 is 22.9 Å². The minimum Gasteiger partial charge on any atom is -0.444 e. The summed E-state index contributed by atoms with van der Waals surface area (Å²) in [4.78, 5) is 25.8. The Labute approximate surface area is 219 Å². The van der Waals surface area contributed by atoms with Crippen molar-refractivity contribution in [1.29, 1.82) is 0 Å². The summed E-state index contributed by atoms with van der Waals surface area (Å²) >= 11 is 0. The number of nitrogens with two attached hydrogens (primary N) is 1. The molecule has 37 heavy (non-hydrogen) atoms. The highest BCUT2D eigenvalue weighted by molar-refractivity contribution is 5.98. The van der Waals surface area contributed by atoms with E-state index in [0.717, 1.165) is 74.2 Å². The van der Waals surface area contributed by atoms with Crippen LogP contribution >= 0.6 is 0 Å². The molecule has 1 amide bonds. The van der Waals surface area contributed by atoms with Gasteiger partial charge < -0.3 is 15.4 Å². The Hall–Kier alpha value is -3.20. The zero-order valence-electron chi connectivity index (χ0n) is 22.7. The number of nitrogens with zero attached hydrogens (tertiary/aromatic N) is 6. The maximum Gasteiger partial charge on any atom is 0.410 e. The minimum atomic E-state index is -0.467. The molecule has 3 aromatic rings. The fourth-order valence-corrected chi connectivity index (χ4v) is 5.63. The summed E-state index contributed by atoms with van der Waals surface area (Å²) in [6.45, 7) is 13.6. The van der Waals surface area contributed by atoms with E-state index in [9.17, 15) is 4.79 Å². The highest BCUT2D eigenvalue weighted by atomic mass is 16.6. The van der Waals surface area contributed by atoms with Crippen LogP contribution in [0.25, 0.3) is 22.3 Å². The Morgan fingerprint density at radius 2 is 1.70 bits per heavy atom. The number of amides is 1. The Morgan fingerprint density at radius 3 is 2.32 bits per heavy atom. The van der Waals surface area contributed by atoms with Crippen LogP contribution in [0.5, 0.6) is 0 Å². The van der Waals surface area contributed by atoms with Crippen molar-refractivity contribution in [2.45, 2.75) is 77.5 Å². The van der Waals surface area contributed by atoms with Crippen LogP contribution in [0.2, 0.25) is 0 Å². The van der Waals surface area contributed by atoms with Gasteiger partial charge in [-0.3, -0.25) is 4.90 Å². The van der Waals surface area contributed by atoms with Crippen molar-refractivity contribution in [3.63, 3.8) is 0 Å². The third-order valence-electron chi connectivity index (χ3n) is 7.91. The third kappa shape index (κ3) is 5.14. The number of ether oxygens (including phenoxy) is 1. The molecular formula is C28H39N7O2. The number of nitrogen functional groups attached to an aromatic ring is 1. The lowest BCUT2D eigenvalue weighted by molar-refractivity contribution is -0.0102. The third-order valence-corrected chi connectivity index (χ3v) is 7.91. The van der Waals surface area contributed by atoms with Crippen LogP contribution < -0.4 is 5.73 Å². The maximum atomic E-state index is 12.5. The van der Waals surface area contributed by atoms with E-state index in [1.165, 1.54) is 11.9 Å². The van der Waals surface area contributed by atoms with Crippen molar-refractivity contribution in [2.24, 2.45) is 0 Å². The Morgan fingerprint density at radius 1 is 1.05 bits per heavy atom. The summed E-state index contributed by atoms with van der Waals surface area (Å²) in [5.41, 5.74) is 9.81. The van der Waals surface area contributed by atoms with Crippen LogP contribution in [0.3, 0.4) is 0 Å². The molecule has 198 valence electrons. The number of carbonyl (C=O) groups is 1. The lowest BCUT2D eigenvalue weighted by Gasteiger charge is -2.49. The fourth-order valence-electron chi connectivity index (χ4n) is 5.63. The second kappa shape index (κ2) is 9.59. The van der Waals surface area contributed by atoms with Crippen molar-refractivity contribution in [1.82, 2.24) is 29.5 Å². The van der Waals surface area contributed by atoms with E-state index in [2.05, 4.69) is 57.7 Å². The molecule has 0 aliphatic carbocycles. The molecule has 0 saturated carbocycles. The Balaban J connectivity index is 1.29. The fraction of sp³-hybridized carbons (Fsp3) is 0.571. The summed E-state index contributed by atoms with van der Waals surface area (Å²) in [5.74, 6) is 0.466. The summed E-state index contributed by atoms with van der Waals surface area (Å²) in [6, 6.07) is 8.60. The van der Waals surface area contributed by atoms with Gasteiger partial charge in [0.1, 0.15) is 23.4 Å². The van der Waals surface area contributed by atoms with Crippen LogP contribution in [0.1, 0.15) is 65.0 Å². The lowest BCUT2D eigenvalue weighted by atomic mass is 9.85. The molecule has 9 heteroatoms. The summed E-state index contributed by atoms with van der Waals surface area (Å²) in [6.07, 6.45) is 5.19. The number of aryl methyl sites for hydroxylation is 1. The molecule has 2 fully saturated rings. The molecule has 0 bridgehead atoms. The number of benzene rings is 1. The average Bonchev–Trinajstić information content (AvgIpc) is 3.25. The van der Waals surface area contributed by atoms with E-state index in [-0.39, 0.29) is 17.7 Å². The van der Waals surface area contributed by atoms with Gasteiger partial charge in [0, 0.05) is 37.3 Å². The quantitative estimate of drug-likeness (QED) is 0.545. The molecular weight excluding hydrogens is 466 g/mol. The first-order valence-corrected chi connectivity index (χ1v) is 13.3. The van der Waals surface area contributed by atoms with Crippen molar-refractivity contribution in [2.75, 3.05) is 31.9 Å². The van der Waals surface area contributed by atoms with Crippen LogP contribution in [0, 0.1) is 6.92 Å². The molecule has 4 heterocycles. The van der Waals surface area contributed by atoms with Gasteiger partial charge >= 0.3 is 6.09 Å². The molecule has 2 aliphatic heterocycles. The number of fused-ring (bicyclic) bond motifs is 1. The monoisotopic (exact) mass is 505 g/mol. The van der Waals surface area contributed by atoms with Crippen molar-refractivity contribution in [3.05, 3.63) is 36.2 Å². The predicted octanol–water partition coefficient (Wildman–Crippen LogP) is 4.81. The molecule has 0 radical (unpaired) electrons. The second-order valence-corrected chi connectivity index (χ2v) is 11.8. The Bertz CT molecular complexity index is 1260. The van der Waals surface area contributed by atoms with E-state index in [1.54, 1.807) is 0 Å². The van der Waals surface area contributed by atoms with Gasteiger partial charge in [0.2, 0.25) is 0 Å². The average molecular weight is 506 g/mol. The number of hydrogen-bond acceptors (Lipinski definition) is 7. The second-order valence-electron chi connectivity index (χ2n) is 11.8. The van der Waals surface area contributed by atoms with Gasteiger partial charge in [0.05, 0.1) is 11.4 Å². The van der Waals surface area contributed by atoms with Crippen LogP contribution in [0.15, 0.2) is 30.6 Å². The van der Waals surface area contributed by atoms with Gasteiger partial charge in [-0.25, -0.2) is 19.4 Å². The van der Waals surface area contributed by atoms with E-state index in [0.29, 0.717) is 5.82 Å². The van der Waals surface area contributed by atoms with Crippen LogP contribution in [-0.4, -0.2) is 73.0 Å². The maximum absolute atomic E-state index is 12.5. The molecule has 2 N–H and O–H groups in total. The van der Waals surface area contributed by atoms with Gasteiger partial charge in [0.15, 0.2) is 5.65 Å². The number of likely N-dealkylation sites (tertiary alicyclic amines) is 2. The molecule has 2 aliphatic rings. The van der Waals surface area contributed by atoms with Crippen molar-refractivity contribution < 1.29 is 9.53 Å². The molecule has 1 aromatic carbocycles. The van der Waals surface area contributed by atoms with Crippen LogP contribution in [0.4, 0.5) is 10.6 Å². The molecule has 9 nitrogen and oxygen atoms in total. The molecule has 2 aromatic heterocycles. The number of carbonyl (C=O) groups excluding carboxylic acids is 1. The van der Waals surface area contributed by atoms with E-state index < -0.39 is 5.60 Å². The minimum absolute atomic E-state index is 0.0787. The summed E-state index contributed by atoms with van der Waals surface area (Å²) < 4.78 is 7.66. The highest BCUT2D eigenvalue weighted by Gasteiger charge is 2.40. The molecule has 0 unspecified atom stereocenters. The zero-order chi connectivity index (χ0) is 26.4. The number of rotatable bonds is 3. The first-order valence-electron chi connectivity index (χ1n) is 13.3. The smallest absolute Gasteiger partial charge is 0.410 e. The van der Waals surface area contributed by atoms with E-state index in [4.69, 9.17) is 15.6 Å². The number of piperidine rings is 2. The summed E-state index contributed by atoms with van der Waals surface area (Å²) in [5, 5.41) is 5.87. The standard InChI is InChI=1S/C28H39N7O2/c1-19-6-8-20(9-7-19)23-22-24(29)30-18-31-25(22)35(32-23)21-10-14-34(15-11-21)28(5)12-16-33(17-13-28)26(36)37-27(2,3)4/h6-9,18,21H,10-17H2,1-5H3,(H2,29,30,31).